The van der Waals surface area contributed by atoms with Crippen molar-refractivity contribution >= 4 is 27.3 Å². The number of anilines is 2. The standard InChI is InChI=1S/C21H22N4O5S/c1-4-19-22-18(23-30-19)11-25-16-10-15(8-9-17(16)29-12-20(25)26)31(27,28)24-21-13(2)6-5-7-14(21)3/h5-10,24H,4,11-12H2,1-3H3. The highest BCUT2D eigenvalue weighted by Crippen LogP contribution is 2.35. The lowest BCUT2D eigenvalue weighted by Crippen LogP contribution is -2.38. The number of sulfonamides is 1. The summed E-state index contributed by atoms with van der Waals surface area (Å²) in [6.45, 7) is 5.44. The fraction of sp³-hybridized carbons (Fsp3) is 0.286. The second-order valence-corrected chi connectivity index (χ2v) is 8.91. The molecule has 162 valence electrons. The number of benzene rings is 2. The summed E-state index contributed by atoms with van der Waals surface area (Å²) in [6, 6.07) is 9.95. The molecule has 1 amide bonds. The van der Waals surface area contributed by atoms with Gasteiger partial charge in [-0.15, -0.1) is 0 Å². The first-order chi connectivity index (χ1) is 14.8. The molecule has 0 fully saturated rings. The van der Waals surface area contributed by atoms with Crippen molar-refractivity contribution in [3.8, 4) is 5.75 Å². The predicted octanol–water partition coefficient (Wildman–Crippen LogP) is 2.98. The van der Waals surface area contributed by atoms with E-state index in [0.717, 1.165) is 11.1 Å². The van der Waals surface area contributed by atoms with Crippen LogP contribution in [0.15, 0.2) is 45.8 Å². The highest BCUT2D eigenvalue weighted by molar-refractivity contribution is 7.92. The molecule has 1 N–H and O–H groups in total. The Morgan fingerprint density at radius 3 is 2.58 bits per heavy atom. The van der Waals surface area contributed by atoms with Gasteiger partial charge >= 0.3 is 0 Å². The van der Waals surface area contributed by atoms with E-state index in [4.69, 9.17) is 9.26 Å². The summed E-state index contributed by atoms with van der Waals surface area (Å²) in [5.41, 5.74) is 2.49. The first-order valence-corrected chi connectivity index (χ1v) is 11.2. The Balaban J connectivity index is 1.69. The minimum atomic E-state index is -3.90. The summed E-state index contributed by atoms with van der Waals surface area (Å²) >= 11 is 0. The fourth-order valence-electron chi connectivity index (χ4n) is 3.33. The molecule has 1 aromatic heterocycles. The Morgan fingerprint density at radius 2 is 1.90 bits per heavy atom. The van der Waals surface area contributed by atoms with E-state index >= 15 is 0 Å². The van der Waals surface area contributed by atoms with Crippen LogP contribution in [0, 0.1) is 13.8 Å². The lowest BCUT2D eigenvalue weighted by atomic mass is 10.1. The minimum absolute atomic E-state index is 0.0135. The molecule has 10 heteroatoms. The monoisotopic (exact) mass is 442 g/mol. The van der Waals surface area contributed by atoms with Gasteiger partial charge in [0.25, 0.3) is 15.9 Å². The van der Waals surface area contributed by atoms with E-state index in [2.05, 4.69) is 14.9 Å². The van der Waals surface area contributed by atoms with Crippen molar-refractivity contribution in [2.75, 3.05) is 16.2 Å². The largest absolute Gasteiger partial charge is 0.482 e. The second-order valence-electron chi connectivity index (χ2n) is 7.23. The highest BCUT2D eigenvalue weighted by Gasteiger charge is 2.29. The third-order valence-corrected chi connectivity index (χ3v) is 6.36. The van der Waals surface area contributed by atoms with Gasteiger partial charge in [0.2, 0.25) is 5.89 Å². The van der Waals surface area contributed by atoms with Crippen LogP contribution in [-0.2, 0) is 27.8 Å². The maximum Gasteiger partial charge on any atom is 0.265 e. The zero-order chi connectivity index (χ0) is 22.2. The third-order valence-electron chi connectivity index (χ3n) is 5.01. The molecule has 0 aliphatic carbocycles. The van der Waals surface area contributed by atoms with Crippen LogP contribution in [-0.4, -0.2) is 31.1 Å². The maximum absolute atomic E-state index is 13.1. The number of carbonyl (C=O) groups excluding carboxylic acids is 1. The number of hydrogen-bond acceptors (Lipinski definition) is 7. The van der Waals surface area contributed by atoms with Crippen molar-refractivity contribution in [1.82, 2.24) is 10.1 Å². The first-order valence-electron chi connectivity index (χ1n) is 9.76. The number of aryl methyl sites for hydroxylation is 3. The molecule has 9 nitrogen and oxygen atoms in total. The Bertz CT molecular complexity index is 1230. The lowest BCUT2D eigenvalue weighted by molar-refractivity contribution is -0.121. The lowest BCUT2D eigenvalue weighted by Gasteiger charge is -2.28. The molecule has 0 bridgehead atoms. The Hall–Kier alpha value is -3.40. The van der Waals surface area contributed by atoms with Crippen molar-refractivity contribution < 1.29 is 22.5 Å². The van der Waals surface area contributed by atoms with Crippen molar-refractivity contribution in [2.24, 2.45) is 0 Å². The molecule has 2 aromatic carbocycles. The average Bonchev–Trinajstić information content (AvgIpc) is 3.20. The van der Waals surface area contributed by atoms with Crippen LogP contribution >= 0.6 is 0 Å². The smallest absolute Gasteiger partial charge is 0.265 e. The number of carbonyl (C=O) groups is 1. The number of rotatable bonds is 6. The van der Waals surface area contributed by atoms with Crippen LogP contribution in [0.2, 0.25) is 0 Å². The molecule has 0 spiro atoms. The third kappa shape index (κ3) is 4.11. The average molecular weight is 442 g/mol. The van der Waals surface area contributed by atoms with E-state index in [0.29, 0.717) is 35.3 Å². The van der Waals surface area contributed by atoms with Gasteiger partial charge in [0.1, 0.15) is 5.75 Å². The normalized spacial score (nSPS) is 13.6. The molecule has 0 unspecified atom stereocenters. The van der Waals surface area contributed by atoms with Crippen molar-refractivity contribution in [3.05, 3.63) is 59.2 Å². The van der Waals surface area contributed by atoms with Crippen LogP contribution in [0.25, 0.3) is 0 Å². The number of nitrogens with zero attached hydrogens (tertiary/aromatic N) is 3. The van der Waals surface area contributed by atoms with Crippen LogP contribution in [0.5, 0.6) is 5.75 Å². The number of amides is 1. The van der Waals surface area contributed by atoms with Gasteiger partial charge in [0.15, 0.2) is 12.4 Å². The molecule has 0 radical (unpaired) electrons. The Kier molecular flexibility index (Phi) is 5.40. The molecule has 4 rings (SSSR count). The topological polar surface area (TPSA) is 115 Å². The van der Waals surface area contributed by atoms with Crippen LogP contribution in [0.1, 0.15) is 29.8 Å². The second kappa shape index (κ2) is 8.03. The van der Waals surface area contributed by atoms with E-state index in [1.54, 1.807) is 6.07 Å². The van der Waals surface area contributed by atoms with Gasteiger partial charge in [-0.2, -0.15) is 4.98 Å². The van der Waals surface area contributed by atoms with E-state index in [1.807, 2.05) is 39.0 Å². The van der Waals surface area contributed by atoms with E-state index in [-0.39, 0.29) is 24.0 Å². The van der Waals surface area contributed by atoms with Crippen molar-refractivity contribution in [2.45, 2.75) is 38.6 Å². The Morgan fingerprint density at radius 1 is 1.16 bits per heavy atom. The SMILES string of the molecule is CCc1nc(CN2C(=O)COc3ccc(S(=O)(=O)Nc4c(C)cccc4C)cc32)no1. The quantitative estimate of drug-likeness (QED) is 0.624. The molecular weight excluding hydrogens is 420 g/mol. The summed E-state index contributed by atoms with van der Waals surface area (Å²) in [5.74, 6) is 0.877. The minimum Gasteiger partial charge on any atom is -0.482 e. The molecule has 0 saturated carbocycles. The number of fused-ring (bicyclic) bond motifs is 1. The maximum atomic E-state index is 13.1. The summed E-state index contributed by atoms with van der Waals surface area (Å²) < 4.78 is 39.4. The molecule has 0 atom stereocenters. The number of ether oxygens (including phenoxy) is 1. The number of aromatic nitrogens is 2. The highest BCUT2D eigenvalue weighted by atomic mass is 32.2. The summed E-state index contributed by atoms with van der Waals surface area (Å²) in [4.78, 5) is 18.2. The summed E-state index contributed by atoms with van der Waals surface area (Å²) in [5, 5.41) is 3.88. The van der Waals surface area contributed by atoms with Gasteiger partial charge in [-0.3, -0.25) is 14.4 Å². The summed E-state index contributed by atoms with van der Waals surface area (Å²) in [7, 11) is -3.90. The van der Waals surface area contributed by atoms with Gasteiger partial charge in [-0.1, -0.05) is 30.3 Å². The molecule has 3 aromatic rings. The van der Waals surface area contributed by atoms with Crippen LogP contribution in [0.3, 0.4) is 0 Å². The molecule has 1 aliphatic rings. The van der Waals surface area contributed by atoms with Crippen LogP contribution in [0.4, 0.5) is 11.4 Å². The fourth-order valence-corrected chi connectivity index (χ4v) is 4.55. The number of nitrogens with one attached hydrogen (secondary N) is 1. The van der Waals surface area contributed by atoms with E-state index in [9.17, 15) is 13.2 Å². The molecular formula is C21H22N4O5S. The molecule has 0 saturated heterocycles. The van der Waals surface area contributed by atoms with Crippen LogP contribution < -0.4 is 14.4 Å². The van der Waals surface area contributed by atoms with Crippen molar-refractivity contribution in [1.29, 1.82) is 0 Å². The van der Waals surface area contributed by atoms with Gasteiger partial charge in [0.05, 0.1) is 22.8 Å². The predicted molar refractivity (Wildman–Crippen MR) is 114 cm³/mol. The van der Waals surface area contributed by atoms with Gasteiger partial charge in [0, 0.05) is 6.42 Å². The Labute approximate surface area is 180 Å². The summed E-state index contributed by atoms with van der Waals surface area (Å²) in [6.07, 6.45) is 0.576. The van der Waals surface area contributed by atoms with Gasteiger partial charge in [-0.05, 0) is 43.2 Å². The van der Waals surface area contributed by atoms with Gasteiger partial charge in [-0.25, -0.2) is 8.42 Å². The van der Waals surface area contributed by atoms with Crippen molar-refractivity contribution in [3.63, 3.8) is 0 Å². The first kappa shape index (κ1) is 20.9. The molecule has 31 heavy (non-hydrogen) atoms. The van der Waals surface area contributed by atoms with Gasteiger partial charge < -0.3 is 9.26 Å². The van der Waals surface area contributed by atoms with E-state index in [1.165, 1.54) is 17.0 Å². The number of para-hydroxylation sites is 1. The number of hydrogen-bond donors (Lipinski definition) is 1. The molecule has 2 heterocycles. The molecule has 1 aliphatic heterocycles. The zero-order valence-electron chi connectivity index (χ0n) is 17.4. The zero-order valence-corrected chi connectivity index (χ0v) is 18.2. The van der Waals surface area contributed by atoms with E-state index < -0.39 is 10.0 Å².